The van der Waals surface area contributed by atoms with Crippen LogP contribution in [0.1, 0.15) is 28.8 Å². The van der Waals surface area contributed by atoms with Crippen LogP contribution >= 0.6 is 0 Å². The fourth-order valence-electron chi connectivity index (χ4n) is 2.78. The molecule has 0 spiro atoms. The maximum absolute atomic E-state index is 14.3. The quantitative estimate of drug-likeness (QED) is 0.731. The highest BCUT2D eigenvalue weighted by atomic mass is 19.1. The van der Waals surface area contributed by atoms with Gasteiger partial charge < -0.3 is 20.5 Å². The molecular weight excluding hydrogens is 347 g/mol. The summed E-state index contributed by atoms with van der Waals surface area (Å²) in [5.41, 5.74) is 1.77. The lowest BCUT2D eigenvalue weighted by Gasteiger charge is -2.26. The van der Waals surface area contributed by atoms with Crippen LogP contribution in [0, 0.1) is 23.6 Å². The second-order valence-electron chi connectivity index (χ2n) is 6.74. The largest absolute Gasteiger partial charge is 0.489 e. The van der Waals surface area contributed by atoms with E-state index in [1.165, 1.54) is 12.1 Å². The molecule has 0 saturated heterocycles. The third kappa shape index (κ3) is 4.04. The molecule has 3 N–H and O–H groups in total. The van der Waals surface area contributed by atoms with Gasteiger partial charge in [0.15, 0.2) is 0 Å². The molecule has 2 aromatic rings. The van der Waals surface area contributed by atoms with Crippen molar-refractivity contribution in [2.75, 3.05) is 23.8 Å². The number of benzene rings is 2. The van der Waals surface area contributed by atoms with E-state index in [9.17, 15) is 14.3 Å². The molecule has 0 unspecified atom stereocenters. The zero-order chi connectivity index (χ0) is 18.8. The molecule has 1 aliphatic carbocycles. The summed E-state index contributed by atoms with van der Waals surface area (Å²) < 4.78 is 19.9. The van der Waals surface area contributed by atoms with Crippen LogP contribution in [0.2, 0.25) is 0 Å². The minimum atomic E-state index is -0.600. The Morgan fingerprint density at radius 3 is 2.89 bits per heavy atom. The Labute approximate surface area is 156 Å². The first-order valence-corrected chi connectivity index (χ1v) is 8.89. The highest BCUT2D eigenvalue weighted by Gasteiger charge is 2.20. The molecule has 2 aliphatic rings. The number of amides is 1. The van der Waals surface area contributed by atoms with E-state index in [1.54, 1.807) is 24.3 Å². The second kappa shape index (κ2) is 7.29. The zero-order valence-electron chi connectivity index (χ0n) is 14.6. The fraction of sp³-hybridized carbons (Fsp3) is 0.286. The lowest BCUT2D eigenvalue weighted by atomic mass is 10.1. The topological polar surface area (TPSA) is 70.6 Å². The molecule has 1 amide bonds. The Kier molecular flexibility index (Phi) is 4.69. The molecule has 0 bridgehead atoms. The molecule has 6 heteroatoms. The summed E-state index contributed by atoms with van der Waals surface area (Å²) in [5.74, 6) is 5.89. The molecule has 0 radical (unpaired) electrons. The van der Waals surface area contributed by atoms with Gasteiger partial charge in [-0.05, 0) is 43.2 Å². The summed E-state index contributed by atoms with van der Waals surface area (Å²) in [4.78, 5) is 12.4. The third-order valence-electron chi connectivity index (χ3n) is 4.47. The summed E-state index contributed by atoms with van der Waals surface area (Å²) in [6.07, 6.45) is 2.22. The molecular formula is C21H19FN2O3. The van der Waals surface area contributed by atoms with Crippen LogP contribution in [-0.2, 0) is 0 Å². The first-order valence-electron chi connectivity index (χ1n) is 8.89. The predicted octanol–water partition coefficient (Wildman–Crippen LogP) is 3.00. The first kappa shape index (κ1) is 17.4. The van der Waals surface area contributed by atoms with Crippen LogP contribution in [0.15, 0.2) is 36.4 Å². The van der Waals surface area contributed by atoms with E-state index < -0.39 is 11.7 Å². The van der Waals surface area contributed by atoms with E-state index in [-0.39, 0.29) is 18.2 Å². The summed E-state index contributed by atoms with van der Waals surface area (Å²) >= 11 is 0. The highest BCUT2D eigenvalue weighted by Crippen LogP contribution is 2.32. The normalized spacial score (nSPS) is 17.6. The number of rotatable bonds is 3. The number of aliphatic hydroxyl groups is 1. The summed E-state index contributed by atoms with van der Waals surface area (Å²) in [6, 6.07) is 9.35. The maximum Gasteiger partial charge on any atom is 0.258 e. The average Bonchev–Trinajstić information content (AvgIpc) is 3.50. The maximum atomic E-state index is 14.3. The number of anilines is 2. The van der Waals surface area contributed by atoms with Crippen molar-refractivity contribution in [2.45, 2.75) is 18.9 Å². The van der Waals surface area contributed by atoms with E-state index in [0.717, 1.165) is 18.5 Å². The van der Waals surface area contributed by atoms with Crippen molar-refractivity contribution < 1.29 is 19.0 Å². The number of carbonyl (C=O) groups is 1. The van der Waals surface area contributed by atoms with Crippen LogP contribution in [-0.4, -0.2) is 30.3 Å². The molecule has 2 aromatic carbocycles. The average molecular weight is 366 g/mol. The minimum Gasteiger partial charge on any atom is -0.489 e. The van der Waals surface area contributed by atoms with Gasteiger partial charge in [0.05, 0.1) is 23.9 Å². The van der Waals surface area contributed by atoms with Crippen molar-refractivity contribution >= 4 is 17.3 Å². The van der Waals surface area contributed by atoms with Gasteiger partial charge in [-0.1, -0.05) is 11.8 Å². The molecule has 1 atom stereocenters. The van der Waals surface area contributed by atoms with Gasteiger partial charge in [0.1, 0.15) is 18.2 Å². The monoisotopic (exact) mass is 366 g/mol. The summed E-state index contributed by atoms with van der Waals surface area (Å²) in [6.45, 7) is 0.303. The van der Waals surface area contributed by atoms with Gasteiger partial charge in [-0.25, -0.2) is 4.39 Å². The van der Waals surface area contributed by atoms with Crippen molar-refractivity contribution in [3.8, 4) is 17.6 Å². The van der Waals surface area contributed by atoms with Gasteiger partial charge in [-0.15, -0.1) is 0 Å². The van der Waals surface area contributed by atoms with Crippen LogP contribution < -0.4 is 15.4 Å². The standard InChI is InChI=1S/C21H19FN2O3/c22-18-9-14(4-3-13-1-2-13)5-7-17(18)21(26)24-15-6-8-19-20(10-15)27-12-16(11-25)23-19/h5-10,13,16,23,25H,1-2,11-12H2,(H,24,26)/t16-/m0/s1. The summed E-state index contributed by atoms with van der Waals surface area (Å²) in [7, 11) is 0. The van der Waals surface area contributed by atoms with Crippen LogP contribution in [0.3, 0.4) is 0 Å². The first-order chi connectivity index (χ1) is 13.1. The third-order valence-corrected chi connectivity index (χ3v) is 4.47. The van der Waals surface area contributed by atoms with E-state index in [2.05, 4.69) is 22.5 Å². The minimum absolute atomic E-state index is 0.0295. The van der Waals surface area contributed by atoms with Gasteiger partial charge >= 0.3 is 0 Å². The molecule has 27 heavy (non-hydrogen) atoms. The molecule has 1 fully saturated rings. The van der Waals surface area contributed by atoms with Crippen molar-refractivity contribution in [2.24, 2.45) is 5.92 Å². The van der Waals surface area contributed by atoms with Crippen molar-refractivity contribution in [1.82, 2.24) is 0 Å². The van der Waals surface area contributed by atoms with E-state index in [0.29, 0.717) is 29.5 Å². The van der Waals surface area contributed by atoms with Gasteiger partial charge in [0.25, 0.3) is 5.91 Å². The highest BCUT2D eigenvalue weighted by molar-refractivity contribution is 6.04. The molecule has 5 nitrogen and oxygen atoms in total. The number of halogens is 1. The second-order valence-corrected chi connectivity index (χ2v) is 6.74. The van der Waals surface area contributed by atoms with Gasteiger partial charge in [0, 0.05) is 23.2 Å². The lowest BCUT2D eigenvalue weighted by molar-refractivity contribution is 0.102. The smallest absolute Gasteiger partial charge is 0.258 e. The zero-order valence-corrected chi connectivity index (χ0v) is 14.6. The van der Waals surface area contributed by atoms with Crippen molar-refractivity contribution in [3.63, 3.8) is 0 Å². The Bertz CT molecular complexity index is 944. The van der Waals surface area contributed by atoms with Crippen LogP contribution in [0.4, 0.5) is 15.8 Å². The van der Waals surface area contributed by atoms with Crippen molar-refractivity contribution in [3.05, 3.63) is 53.3 Å². The molecule has 1 saturated carbocycles. The Balaban J connectivity index is 1.47. The number of aliphatic hydroxyl groups excluding tert-OH is 1. The number of carbonyl (C=O) groups excluding carboxylic acids is 1. The summed E-state index contributed by atoms with van der Waals surface area (Å²) in [5, 5.41) is 15.0. The number of hydrogen-bond donors (Lipinski definition) is 3. The van der Waals surface area contributed by atoms with Crippen molar-refractivity contribution in [1.29, 1.82) is 0 Å². The lowest BCUT2D eigenvalue weighted by Crippen LogP contribution is -2.34. The molecule has 1 heterocycles. The number of hydrogen-bond acceptors (Lipinski definition) is 4. The molecule has 0 aromatic heterocycles. The van der Waals surface area contributed by atoms with E-state index in [1.807, 2.05) is 0 Å². The number of nitrogens with one attached hydrogen (secondary N) is 2. The molecule has 138 valence electrons. The molecule has 4 rings (SSSR count). The predicted molar refractivity (Wildman–Crippen MR) is 100 cm³/mol. The molecule has 1 aliphatic heterocycles. The van der Waals surface area contributed by atoms with Gasteiger partial charge in [-0.3, -0.25) is 4.79 Å². The number of fused-ring (bicyclic) bond motifs is 1. The van der Waals surface area contributed by atoms with Gasteiger partial charge in [-0.2, -0.15) is 0 Å². The Morgan fingerprint density at radius 2 is 2.15 bits per heavy atom. The SMILES string of the molecule is O=C(Nc1ccc2c(c1)OC[C@H](CO)N2)c1ccc(C#CC2CC2)cc1F. The Morgan fingerprint density at radius 1 is 1.30 bits per heavy atom. The van der Waals surface area contributed by atoms with E-state index >= 15 is 0 Å². The van der Waals surface area contributed by atoms with Gasteiger partial charge in [0.2, 0.25) is 0 Å². The fourth-order valence-corrected chi connectivity index (χ4v) is 2.78. The van der Waals surface area contributed by atoms with Crippen LogP contribution in [0.5, 0.6) is 5.75 Å². The van der Waals surface area contributed by atoms with Crippen LogP contribution in [0.25, 0.3) is 0 Å². The van der Waals surface area contributed by atoms with E-state index in [4.69, 9.17) is 4.74 Å². The Hall–Kier alpha value is -3.04. The number of ether oxygens (including phenoxy) is 1.